The number of hydrogen-bond donors (Lipinski definition) is 2. The van der Waals surface area contributed by atoms with Gasteiger partial charge in [-0.1, -0.05) is 18.2 Å². The summed E-state index contributed by atoms with van der Waals surface area (Å²) in [5.41, 5.74) is 1.54. The number of amides is 1. The number of carbonyl (C=O) groups is 3. The highest BCUT2D eigenvalue weighted by molar-refractivity contribution is 6.27. The van der Waals surface area contributed by atoms with Crippen molar-refractivity contribution in [1.29, 1.82) is 0 Å². The first-order valence-corrected chi connectivity index (χ1v) is 10.1. The Labute approximate surface area is 195 Å². The molecule has 1 aliphatic heterocycles. The number of aliphatic carboxylic acids is 2. The summed E-state index contributed by atoms with van der Waals surface area (Å²) in [6, 6.07) is 11.9. The van der Waals surface area contributed by atoms with Crippen LogP contribution in [0.1, 0.15) is 15.9 Å². The lowest BCUT2D eigenvalue weighted by molar-refractivity contribution is -0.384. The van der Waals surface area contributed by atoms with Crippen molar-refractivity contribution in [3.05, 3.63) is 63.7 Å². The minimum absolute atomic E-state index is 0.0879. The van der Waals surface area contributed by atoms with Gasteiger partial charge in [-0.25, -0.2) is 9.59 Å². The van der Waals surface area contributed by atoms with Crippen molar-refractivity contribution in [1.82, 2.24) is 9.80 Å². The van der Waals surface area contributed by atoms with Crippen LogP contribution in [0.3, 0.4) is 0 Å². The van der Waals surface area contributed by atoms with E-state index in [1.54, 1.807) is 35.2 Å². The number of hydrogen-bond acceptors (Lipinski definition) is 8. The van der Waals surface area contributed by atoms with Gasteiger partial charge in [-0.05, 0) is 17.7 Å². The molecule has 12 nitrogen and oxygen atoms in total. The number of carboxylic acids is 2. The fourth-order valence-electron chi connectivity index (χ4n) is 3.31. The molecule has 1 aliphatic rings. The van der Waals surface area contributed by atoms with Crippen molar-refractivity contribution >= 4 is 23.5 Å². The Balaban J connectivity index is 0.000000604. The maximum atomic E-state index is 13.0. The lowest BCUT2D eigenvalue weighted by Gasteiger charge is -2.35. The van der Waals surface area contributed by atoms with E-state index in [0.717, 1.165) is 18.7 Å². The van der Waals surface area contributed by atoms with Crippen LogP contribution in [0.5, 0.6) is 11.5 Å². The molecule has 0 spiro atoms. The summed E-state index contributed by atoms with van der Waals surface area (Å²) < 4.78 is 10.7. The van der Waals surface area contributed by atoms with Gasteiger partial charge >= 0.3 is 11.9 Å². The zero-order valence-electron chi connectivity index (χ0n) is 18.7. The smallest absolute Gasteiger partial charge is 0.414 e. The first-order chi connectivity index (χ1) is 16.2. The Morgan fingerprint density at radius 1 is 0.912 bits per heavy atom. The molecule has 1 heterocycles. The zero-order valence-corrected chi connectivity index (χ0v) is 18.7. The highest BCUT2D eigenvalue weighted by Gasteiger charge is 2.27. The number of carboxylic acid groups (broad SMARTS) is 2. The number of ether oxygens (including phenoxy) is 2. The number of carbonyl (C=O) groups excluding carboxylic acids is 1. The van der Waals surface area contributed by atoms with Crippen LogP contribution in [0.4, 0.5) is 5.69 Å². The van der Waals surface area contributed by atoms with Crippen LogP contribution in [0, 0.1) is 10.1 Å². The number of methoxy groups -OCH3 is 2. The quantitative estimate of drug-likeness (QED) is 0.358. The predicted molar refractivity (Wildman–Crippen MR) is 119 cm³/mol. The summed E-state index contributed by atoms with van der Waals surface area (Å²) in [6.07, 6.45) is 0. The Bertz CT molecular complexity index is 998. The van der Waals surface area contributed by atoms with Gasteiger partial charge in [-0.2, -0.15) is 0 Å². The Morgan fingerprint density at radius 3 is 1.82 bits per heavy atom. The fraction of sp³-hybridized carbons (Fsp3) is 0.318. The van der Waals surface area contributed by atoms with E-state index in [-0.39, 0.29) is 11.6 Å². The molecule has 0 bridgehead atoms. The van der Waals surface area contributed by atoms with E-state index < -0.39 is 16.9 Å². The van der Waals surface area contributed by atoms with Crippen molar-refractivity contribution < 1.29 is 39.0 Å². The van der Waals surface area contributed by atoms with E-state index >= 15 is 0 Å². The van der Waals surface area contributed by atoms with E-state index in [1.807, 2.05) is 0 Å². The number of benzene rings is 2. The molecule has 0 aliphatic carbocycles. The molecule has 2 aromatic rings. The Hall–Kier alpha value is -4.19. The third kappa shape index (κ3) is 6.90. The lowest BCUT2D eigenvalue weighted by atomic mass is 10.1. The highest BCUT2D eigenvalue weighted by atomic mass is 16.6. The fourth-order valence-corrected chi connectivity index (χ4v) is 3.31. The van der Waals surface area contributed by atoms with Gasteiger partial charge in [0.2, 0.25) is 0 Å². The third-order valence-corrected chi connectivity index (χ3v) is 5.04. The summed E-state index contributed by atoms with van der Waals surface area (Å²) >= 11 is 0. The van der Waals surface area contributed by atoms with Crippen molar-refractivity contribution in [3.63, 3.8) is 0 Å². The largest absolute Gasteiger partial charge is 0.496 e. The van der Waals surface area contributed by atoms with Gasteiger partial charge in [-0.3, -0.25) is 19.8 Å². The second kappa shape index (κ2) is 12.2. The number of rotatable bonds is 6. The molecule has 0 unspecified atom stereocenters. The lowest BCUT2D eigenvalue weighted by Crippen LogP contribution is -2.48. The predicted octanol–water partition coefficient (Wildman–Crippen LogP) is 1.73. The molecule has 1 fully saturated rings. The monoisotopic (exact) mass is 475 g/mol. The van der Waals surface area contributed by atoms with E-state index in [1.165, 1.54) is 26.4 Å². The standard InChI is InChI=1S/C20H23N3O5.C2H2O4/c1-27-17-4-3-5-18(28-2)19(17)20(24)22-12-10-21(11-13-22)14-15-6-8-16(9-7-15)23(25)26;3-1(4)2(5)6/h3-9H,10-14H2,1-2H3;(H,3,4)(H,5,6). The van der Waals surface area contributed by atoms with Gasteiger partial charge in [0.25, 0.3) is 11.6 Å². The van der Waals surface area contributed by atoms with Gasteiger partial charge in [-0.15, -0.1) is 0 Å². The first-order valence-electron chi connectivity index (χ1n) is 10.1. The van der Waals surface area contributed by atoms with E-state index in [0.29, 0.717) is 36.7 Å². The maximum Gasteiger partial charge on any atom is 0.414 e. The van der Waals surface area contributed by atoms with Gasteiger partial charge in [0.05, 0.1) is 19.1 Å². The highest BCUT2D eigenvalue weighted by Crippen LogP contribution is 2.30. The maximum absolute atomic E-state index is 13.0. The van der Waals surface area contributed by atoms with Crippen LogP contribution < -0.4 is 9.47 Å². The summed E-state index contributed by atoms with van der Waals surface area (Å²) in [7, 11) is 3.07. The van der Waals surface area contributed by atoms with Crippen LogP contribution in [0.15, 0.2) is 42.5 Å². The Morgan fingerprint density at radius 2 is 1.41 bits per heavy atom. The molecule has 0 aromatic heterocycles. The number of nitro groups is 1. The van der Waals surface area contributed by atoms with Gasteiger partial charge < -0.3 is 24.6 Å². The second-order valence-corrected chi connectivity index (χ2v) is 7.14. The molecular formula is C22H25N3O9. The number of nitrogens with zero attached hydrogens (tertiary/aromatic N) is 3. The average molecular weight is 475 g/mol. The summed E-state index contributed by atoms with van der Waals surface area (Å²) in [5, 5.41) is 25.5. The normalized spacial score (nSPS) is 13.3. The minimum atomic E-state index is -1.82. The molecule has 34 heavy (non-hydrogen) atoms. The molecular weight excluding hydrogens is 450 g/mol. The van der Waals surface area contributed by atoms with Crippen molar-refractivity contribution in [2.45, 2.75) is 6.54 Å². The van der Waals surface area contributed by atoms with Gasteiger partial charge in [0.15, 0.2) is 0 Å². The summed E-state index contributed by atoms with van der Waals surface area (Å²) in [6.45, 7) is 3.32. The van der Waals surface area contributed by atoms with Crippen molar-refractivity contribution in [3.8, 4) is 11.5 Å². The number of nitro benzene ring substituents is 1. The van der Waals surface area contributed by atoms with E-state index in [9.17, 15) is 14.9 Å². The molecule has 12 heteroatoms. The number of non-ortho nitro benzene ring substituents is 1. The van der Waals surface area contributed by atoms with Crippen LogP contribution in [0.25, 0.3) is 0 Å². The summed E-state index contributed by atoms with van der Waals surface area (Å²) in [4.78, 5) is 45.6. The van der Waals surface area contributed by atoms with Crippen LogP contribution in [-0.2, 0) is 16.1 Å². The molecule has 2 N–H and O–H groups in total. The number of piperazine rings is 1. The molecule has 3 rings (SSSR count). The van der Waals surface area contributed by atoms with Crippen molar-refractivity contribution in [2.75, 3.05) is 40.4 Å². The minimum Gasteiger partial charge on any atom is -0.496 e. The molecule has 0 atom stereocenters. The molecule has 1 amide bonds. The van der Waals surface area contributed by atoms with E-state index in [4.69, 9.17) is 29.3 Å². The molecule has 1 saturated heterocycles. The topological polar surface area (TPSA) is 160 Å². The molecule has 2 aromatic carbocycles. The molecule has 0 saturated carbocycles. The Kier molecular flexibility index (Phi) is 9.32. The third-order valence-electron chi connectivity index (χ3n) is 5.04. The average Bonchev–Trinajstić information content (AvgIpc) is 2.84. The molecule has 182 valence electrons. The summed E-state index contributed by atoms with van der Waals surface area (Å²) in [5.74, 6) is -2.76. The van der Waals surface area contributed by atoms with Crippen LogP contribution in [0.2, 0.25) is 0 Å². The van der Waals surface area contributed by atoms with Crippen molar-refractivity contribution in [2.24, 2.45) is 0 Å². The SMILES string of the molecule is COc1cccc(OC)c1C(=O)N1CCN(Cc2ccc([N+](=O)[O-])cc2)CC1.O=C(O)C(=O)O. The van der Waals surface area contributed by atoms with Crippen LogP contribution >= 0.6 is 0 Å². The zero-order chi connectivity index (χ0) is 25.3. The second-order valence-electron chi connectivity index (χ2n) is 7.14. The first kappa shape index (κ1) is 26.1. The van der Waals surface area contributed by atoms with E-state index in [2.05, 4.69) is 4.90 Å². The van der Waals surface area contributed by atoms with Crippen LogP contribution in [-0.4, -0.2) is 83.2 Å². The van der Waals surface area contributed by atoms with Gasteiger partial charge in [0, 0.05) is 44.9 Å². The van der Waals surface area contributed by atoms with Gasteiger partial charge in [0.1, 0.15) is 17.1 Å². The molecule has 0 radical (unpaired) electrons.